The van der Waals surface area contributed by atoms with E-state index in [2.05, 4.69) is 47.0 Å². The van der Waals surface area contributed by atoms with Gasteiger partial charge in [-0.1, -0.05) is 22.9 Å². The lowest BCUT2D eigenvalue weighted by Gasteiger charge is -2.10. The van der Waals surface area contributed by atoms with Gasteiger partial charge in [-0.3, -0.25) is 0 Å². The molecular formula is C13H16BrN3. The lowest BCUT2D eigenvalue weighted by molar-refractivity contribution is 0.802. The fourth-order valence-corrected chi connectivity index (χ4v) is 2.49. The monoisotopic (exact) mass is 293 g/mol. The van der Waals surface area contributed by atoms with E-state index in [4.69, 9.17) is 5.73 Å². The molecule has 17 heavy (non-hydrogen) atoms. The molecule has 0 aliphatic heterocycles. The van der Waals surface area contributed by atoms with E-state index in [0.717, 1.165) is 22.1 Å². The fraction of sp³-hybridized carbons (Fsp3) is 0.308. The van der Waals surface area contributed by atoms with Gasteiger partial charge in [0.1, 0.15) is 0 Å². The van der Waals surface area contributed by atoms with Gasteiger partial charge in [-0.2, -0.15) is 5.10 Å². The van der Waals surface area contributed by atoms with E-state index in [1.165, 1.54) is 11.3 Å². The summed E-state index contributed by atoms with van der Waals surface area (Å²) in [6.45, 7) is 4.75. The summed E-state index contributed by atoms with van der Waals surface area (Å²) in [6.07, 6.45) is 2.79. The zero-order valence-corrected chi connectivity index (χ0v) is 11.7. The van der Waals surface area contributed by atoms with Crippen LogP contribution in [-0.4, -0.2) is 9.78 Å². The van der Waals surface area contributed by atoms with Crippen LogP contribution >= 0.6 is 15.9 Å². The van der Waals surface area contributed by atoms with E-state index >= 15 is 0 Å². The number of hydrogen-bond donors (Lipinski definition) is 1. The molecule has 0 saturated heterocycles. The number of nitrogens with zero attached hydrogens (tertiary/aromatic N) is 2. The maximum Gasteiger partial charge on any atom is 0.0678 e. The summed E-state index contributed by atoms with van der Waals surface area (Å²) in [7, 11) is 0. The Hall–Kier alpha value is -1.13. The van der Waals surface area contributed by atoms with E-state index in [9.17, 15) is 0 Å². The van der Waals surface area contributed by atoms with Crippen molar-refractivity contribution in [2.75, 3.05) is 0 Å². The van der Waals surface area contributed by atoms with E-state index in [0.29, 0.717) is 6.54 Å². The lowest BCUT2D eigenvalue weighted by Crippen LogP contribution is -2.06. The minimum absolute atomic E-state index is 0.540. The van der Waals surface area contributed by atoms with Crippen molar-refractivity contribution in [2.45, 2.75) is 26.8 Å². The molecule has 0 unspecified atom stereocenters. The van der Waals surface area contributed by atoms with Crippen molar-refractivity contribution in [3.8, 4) is 5.69 Å². The number of hydrogen-bond acceptors (Lipinski definition) is 2. The molecular weight excluding hydrogens is 278 g/mol. The molecule has 0 saturated carbocycles. The Morgan fingerprint density at radius 2 is 2.18 bits per heavy atom. The Balaban J connectivity index is 2.56. The number of benzene rings is 1. The molecule has 4 heteroatoms. The Bertz CT molecular complexity index is 531. The summed E-state index contributed by atoms with van der Waals surface area (Å²) >= 11 is 3.47. The summed E-state index contributed by atoms with van der Waals surface area (Å²) in [5.41, 5.74) is 10.3. The normalized spacial score (nSPS) is 10.8. The van der Waals surface area contributed by atoms with Crippen LogP contribution in [0.15, 0.2) is 28.9 Å². The standard InChI is InChI=1S/C13H16BrN3/c1-3-12-10(7-15)8-16-17(12)13-5-4-11(14)6-9(13)2/h4-6,8H,3,7,15H2,1-2H3. The first-order chi connectivity index (χ1) is 8.17. The summed E-state index contributed by atoms with van der Waals surface area (Å²) in [5, 5.41) is 4.44. The molecule has 1 aromatic heterocycles. The first kappa shape index (κ1) is 12.3. The highest BCUT2D eigenvalue weighted by Crippen LogP contribution is 2.22. The van der Waals surface area contributed by atoms with Crippen molar-refractivity contribution in [1.29, 1.82) is 0 Å². The number of halogens is 1. The van der Waals surface area contributed by atoms with Crippen LogP contribution in [0.1, 0.15) is 23.7 Å². The predicted octanol–water partition coefficient (Wildman–Crippen LogP) is 2.96. The average molecular weight is 294 g/mol. The Morgan fingerprint density at radius 3 is 2.76 bits per heavy atom. The van der Waals surface area contributed by atoms with Crippen LogP contribution in [0.5, 0.6) is 0 Å². The van der Waals surface area contributed by atoms with Gasteiger partial charge in [0.05, 0.1) is 11.9 Å². The second kappa shape index (κ2) is 5.02. The molecule has 0 atom stereocenters. The predicted molar refractivity (Wildman–Crippen MR) is 73.3 cm³/mol. The summed E-state index contributed by atoms with van der Waals surface area (Å²) in [6, 6.07) is 6.20. The molecule has 1 aromatic carbocycles. The number of nitrogens with two attached hydrogens (primary N) is 1. The van der Waals surface area contributed by atoms with Crippen LogP contribution in [0.3, 0.4) is 0 Å². The molecule has 0 bridgehead atoms. The van der Waals surface area contributed by atoms with Crippen LogP contribution in [0, 0.1) is 6.92 Å². The molecule has 90 valence electrons. The van der Waals surface area contributed by atoms with Crippen LogP contribution in [-0.2, 0) is 13.0 Å². The van der Waals surface area contributed by atoms with Gasteiger partial charge >= 0.3 is 0 Å². The highest BCUT2D eigenvalue weighted by molar-refractivity contribution is 9.10. The molecule has 0 aliphatic carbocycles. The van der Waals surface area contributed by atoms with E-state index < -0.39 is 0 Å². The van der Waals surface area contributed by atoms with Crippen LogP contribution in [0.2, 0.25) is 0 Å². The second-order valence-corrected chi connectivity index (χ2v) is 4.93. The van der Waals surface area contributed by atoms with Gasteiger partial charge in [0.2, 0.25) is 0 Å². The highest BCUT2D eigenvalue weighted by Gasteiger charge is 2.11. The Morgan fingerprint density at radius 1 is 1.41 bits per heavy atom. The molecule has 0 amide bonds. The number of rotatable bonds is 3. The zero-order valence-electron chi connectivity index (χ0n) is 10.1. The molecule has 2 rings (SSSR count). The van der Waals surface area contributed by atoms with Gasteiger partial charge < -0.3 is 5.73 Å². The third-order valence-corrected chi connectivity index (χ3v) is 3.39. The van der Waals surface area contributed by atoms with Crippen LogP contribution < -0.4 is 5.73 Å². The maximum atomic E-state index is 5.72. The van der Waals surface area contributed by atoms with Crippen molar-refractivity contribution in [3.05, 3.63) is 45.7 Å². The zero-order chi connectivity index (χ0) is 12.4. The summed E-state index contributed by atoms with van der Waals surface area (Å²) in [4.78, 5) is 0. The van der Waals surface area contributed by atoms with Crippen LogP contribution in [0.25, 0.3) is 5.69 Å². The minimum Gasteiger partial charge on any atom is -0.326 e. The largest absolute Gasteiger partial charge is 0.326 e. The van der Waals surface area contributed by atoms with Gasteiger partial charge in [-0.05, 0) is 37.1 Å². The summed E-state index contributed by atoms with van der Waals surface area (Å²) in [5.74, 6) is 0. The molecule has 1 heterocycles. The Labute approximate surface area is 110 Å². The molecule has 0 radical (unpaired) electrons. The summed E-state index contributed by atoms with van der Waals surface area (Å²) < 4.78 is 3.08. The van der Waals surface area contributed by atoms with Crippen molar-refractivity contribution < 1.29 is 0 Å². The first-order valence-electron chi connectivity index (χ1n) is 5.69. The van der Waals surface area contributed by atoms with Crippen molar-refractivity contribution in [2.24, 2.45) is 5.73 Å². The van der Waals surface area contributed by atoms with Crippen molar-refractivity contribution in [3.63, 3.8) is 0 Å². The molecule has 0 fully saturated rings. The quantitative estimate of drug-likeness (QED) is 0.945. The van der Waals surface area contributed by atoms with E-state index in [1.807, 2.05) is 16.9 Å². The lowest BCUT2D eigenvalue weighted by atomic mass is 10.1. The number of aromatic nitrogens is 2. The third kappa shape index (κ3) is 2.28. The van der Waals surface area contributed by atoms with Gasteiger partial charge in [0.15, 0.2) is 0 Å². The SMILES string of the molecule is CCc1c(CN)cnn1-c1ccc(Br)cc1C. The first-order valence-corrected chi connectivity index (χ1v) is 6.49. The van der Waals surface area contributed by atoms with Crippen LogP contribution in [0.4, 0.5) is 0 Å². The third-order valence-electron chi connectivity index (χ3n) is 2.90. The van der Waals surface area contributed by atoms with E-state index in [1.54, 1.807) is 0 Å². The maximum absolute atomic E-state index is 5.72. The highest BCUT2D eigenvalue weighted by atomic mass is 79.9. The fourth-order valence-electron chi connectivity index (χ4n) is 2.02. The smallest absolute Gasteiger partial charge is 0.0678 e. The molecule has 2 N–H and O–H groups in total. The second-order valence-electron chi connectivity index (χ2n) is 4.02. The van der Waals surface area contributed by atoms with Gasteiger partial charge in [-0.25, -0.2) is 4.68 Å². The molecule has 0 spiro atoms. The molecule has 0 aliphatic rings. The van der Waals surface area contributed by atoms with Crippen molar-refractivity contribution >= 4 is 15.9 Å². The van der Waals surface area contributed by atoms with Gasteiger partial charge in [0.25, 0.3) is 0 Å². The minimum atomic E-state index is 0.540. The van der Waals surface area contributed by atoms with Gasteiger partial charge in [-0.15, -0.1) is 0 Å². The van der Waals surface area contributed by atoms with E-state index in [-0.39, 0.29) is 0 Å². The van der Waals surface area contributed by atoms with Gasteiger partial charge in [0, 0.05) is 22.3 Å². The number of aryl methyl sites for hydroxylation is 1. The van der Waals surface area contributed by atoms with Crippen molar-refractivity contribution in [1.82, 2.24) is 9.78 Å². The molecule has 2 aromatic rings. The molecule has 3 nitrogen and oxygen atoms in total. The topological polar surface area (TPSA) is 43.8 Å². The average Bonchev–Trinajstić information content (AvgIpc) is 2.71. The Kier molecular flexibility index (Phi) is 3.64.